The van der Waals surface area contributed by atoms with Gasteiger partial charge in [-0.1, -0.05) is 17.9 Å². The highest BCUT2D eigenvalue weighted by Crippen LogP contribution is 2.22. The van der Waals surface area contributed by atoms with Crippen LogP contribution in [0.15, 0.2) is 18.2 Å². The van der Waals surface area contributed by atoms with Gasteiger partial charge in [-0.2, -0.15) is 0 Å². The van der Waals surface area contributed by atoms with Crippen LogP contribution in [0.4, 0.5) is 4.39 Å². The number of rotatable bonds is 3. The molecular formula is C17H22FNO2. The second-order valence-corrected chi connectivity index (χ2v) is 5.86. The van der Waals surface area contributed by atoms with Gasteiger partial charge in [-0.3, -0.25) is 4.90 Å². The quantitative estimate of drug-likeness (QED) is 0.836. The zero-order valence-corrected chi connectivity index (χ0v) is 12.4. The molecule has 0 aliphatic carbocycles. The minimum absolute atomic E-state index is 0.0119. The fraction of sp³-hybridized carbons (Fsp3) is 0.529. The van der Waals surface area contributed by atoms with Crippen LogP contribution in [0.2, 0.25) is 0 Å². The van der Waals surface area contributed by atoms with Crippen molar-refractivity contribution in [1.29, 1.82) is 0 Å². The molecule has 21 heavy (non-hydrogen) atoms. The maximum atomic E-state index is 13.7. The van der Waals surface area contributed by atoms with Gasteiger partial charge in [0.15, 0.2) is 0 Å². The van der Waals surface area contributed by atoms with E-state index >= 15 is 0 Å². The summed E-state index contributed by atoms with van der Waals surface area (Å²) in [4.78, 5) is 2.26. The van der Waals surface area contributed by atoms with Crippen molar-refractivity contribution in [3.05, 3.63) is 35.1 Å². The SMILES string of the molecule is CC1(O)CCN(Cc2ccc(F)c(C#CCCO)c2)CC1. The second-order valence-electron chi connectivity index (χ2n) is 5.86. The first-order chi connectivity index (χ1) is 10.00. The molecule has 0 spiro atoms. The van der Waals surface area contributed by atoms with E-state index in [-0.39, 0.29) is 12.4 Å². The summed E-state index contributed by atoms with van der Waals surface area (Å²) in [5, 5.41) is 18.6. The van der Waals surface area contributed by atoms with E-state index in [1.807, 2.05) is 6.92 Å². The lowest BCUT2D eigenvalue weighted by molar-refractivity contribution is -0.00730. The van der Waals surface area contributed by atoms with Crippen LogP contribution in [0.1, 0.15) is 37.3 Å². The van der Waals surface area contributed by atoms with Crippen LogP contribution in [0.25, 0.3) is 0 Å². The maximum absolute atomic E-state index is 13.7. The Morgan fingerprint density at radius 2 is 2.05 bits per heavy atom. The summed E-state index contributed by atoms with van der Waals surface area (Å²) in [7, 11) is 0. The Balaban J connectivity index is 2.01. The molecule has 0 unspecified atom stereocenters. The summed E-state index contributed by atoms with van der Waals surface area (Å²) in [6, 6.07) is 4.99. The highest BCUT2D eigenvalue weighted by atomic mass is 19.1. The first kappa shape index (κ1) is 16.0. The van der Waals surface area contributed by atoms with Gasteiger partial charge >= 0.3 is 0 Å². The van der Waals surface area contributed by atoms with E-state index in [2.05, 4.69) is 16.7 Å². The van der Waals surface area contributed by atoms with Crippen LogP contribution < -0.4 is 0 Å². The van der Waals surface area contributed by atoms with E-state index in [4.69, 9.17) is 5.11 Å². The van der Waals surface area contributed by atoms with Crippen molar-refractivity contribution in [1.82, 2.24) is 4.90 Å². The number of likely N-dealkylation sites (tertiary alicyclic amines) is 1. The van der Waals surface area contributed by atoms with Gasteiger partial charge in [-0.15, -0.1) is 0 Å². The normalized spacial score (nSPS) is 18.1. The van der Waals surface area contributed by atoms with Crippen molar-refractivity contribution >= 4 is 0 Å². The first-order valence-electron chi connectivity index (χ1n) is 7.33. The Morgan fingerprint density at radius 1 is 1.33 bits per heavy atom. The lowest BCUT2D eigenvalue weighted by Gasteiger charge is -2.35. The molecule has 1 fully saturated rings. The topological polar surface area (TPSA) is 43.7 Å². The number of halogens is 1. The molecule has 1 aromatic rings. The molecule has 0 amide bonds. The van der Waals surface area contributed by atoms with Gasteiger partial charge in [-0.05, 0) is 37.5 Å². The van der Waals surface area contributed by atoms with Crippen LogP contribution in [0.3, 0.4) is 0 Å². The average molecular weight is 291 g/mol. The second kappa shape index (κ2) is 7.04. The number of nitrogens with zero attached hydrogens (tertiary/aromatic N) is 1. The smallest absolute Gasteiger partial charge is 0.138 e. The minimum Gasteiger partial charge on any atom is -0.395 e. The van der Waals surface area contributed by atoms with Crippen LogP contribution in [0.5, 0.6) is 0 Å². The van der Waals surface area contributed by atoms with Gasteiger partial charge < -0.3 is 10.2 Å². The predicted molar refractivity (Wildman–Crippen MR) is 80.1 cm³/mol. The predicted octanol–water partition coefficient (Wildman–Crippen LogP) is 1.91. The van der Waals surface area contributed by atoms with E-state index in [0.29, 0.717) is 12.0 Å². The third kappa shape index (κ3) is 4.82. The summed E-state index contributed by atoms with van der Waals surface area (Å²) in [5.41, 5.74) is 0.844. The number of piperidine rings is 1. The van der Waals surface area contributed by atoms with Crippen LogP contribution in [-0.2, 0) is 6.54 Å². The third-order valence-electron chi connectivity index (χ3n) is 3.83. The summed E-state index contributed by atoms with van der Waals surface area (Å²) in [6.45, 7) is 4.29. The Kier molecular flexibility index (Phi) is 5.35. The minimum atomic E-state index is -0.555. The molecule has 1 heterocycles. The molecule has 1 aliphatic rings. The van der Waals surface area contributed by atoms with Gasteiger partial charge in [0, 0.05) is 26.1 Å². The lowest BCUT2D eigenvalue weighted by Crippen LogP contribution is -2.41. The summed E-state index contributed by atoms with van der Waals surface area (Å²) in [6.07, 6.45) is 1.87. The highest BCUT2D eigenvalue weighted by Gasteiger charge is 2.27. The molecule has 0 bridgehead atoms. The van der Waals surface area contributed by atoms with Gasteiger partial charge in [0.05, 0.1) is 17.8 Å². The summed E-state index contributed by atoms with van der Waals surface area (Å²) < 4.78 is 13.7. The Hall–Kier alpha value is -1.41. The molecule has 0 aromatic heterocycles. The van der Waals surface area contributed by atoms with Gasteiger partial charge in [-0.25, -0.2) is 4.39 Å². The van der Waals surface area contributed by atoms with Crippen molar-refractivity contribution in [2.45, 2.75) is 38.3 Å². The van der Waals surface area contributed by atoms with Crippen LogP contribution in [0, 0.1) is 17.7 Å². The number of benzene rings is 1. The molecule has 2 rings (SSSR count). The molecule has 0 saturated carbocycles. The average Bonchev–Trinajstić information content (AvgIpc) is 2.45. The van der Waals surface area contributed by atoms with Crippen LogP contribution in [-0.4, -0.2) is 40.4 Å². The zero-order chi connectivity index (χ0) is 15.3. The highest BCUT2D eigenvalue weighted by molar-refractivity contribution is 5.38. The number of hydrogen-bond acceptors (Lipinski definition) is 3. The molecule has 2 N–H and O–H groups in total. The summed E-state index contributed by atoms with van der Waals surface area (Å²) >= 11 is 0. The van der Waals surface area contributed by atoms with E-state index in [9.17, 15) is 9.50 Å². The zero-order valence-electron chi connectivity index (χ0n) is 12.4. The monoisotopic (exact) mass is 291 g/mol. The van der Waals surface area contributed by atoms with Crippen molar-refractivity contribution < 1.29 is 14.6 Å². The van der Waals surface area contributed by atoms with Gasteiger partial charge in [0.25, 0.3) is 0 Å². The molecule has 4 heteroatoms. The van der Waals surface area contributed by atoms with E-state index in [1.165, 1.54) is 6.07 Å². The molecule has 0 radical (unpaired) electrons. The Bertz CT molecular complexity index is 535. The molecule has 1 saturated heterocycles. The Labute approximate surface area is 125 Å². The first-order valence-corrected chi connectivity index (χ1v) is 7.33. The van der Waals surface area contributed by atoms with E-state index in [1.54, 1.807) is 12.1 Å². The van der Waals surface area contributed by atoms with Gasteiger partial charge in [0.2, 0.25) is 0 Å². The van der Waals surface area contributed by atoms with Crippen LogP contribution >= 0.6 is 0 Å². The third-order valence-corrected chi connectivity index (χ3v) is 3.83. The standard InChI is InChI=1S/C17H22FNO2/c1-17(21)7-9-19(10-8-17)13-14-5-6-16(18)15(12-14)4-2-3-11-20/h5-6,12,20-21H,3,7-11,13H2,1H3. The van der Waals surface area contributed by atoms with Crippen molar-refractivity contribution in [2.24, 2.45) is 0 Å². The maximum Gasteiger partial charge on any atom is 0.138 e. The van der Waals surface area contributed by atoms with Gasteiger partial charge in [0.1, 0.15) is 5.82 Å². The van der Waals surface area contributed by atoms with E-state index < -0.39 is 5.60 Å². The summed E-state index contributed by atoms with van der Waals surface area (Å²) in [5.74, 6) is 5.18. The number of hydrogen-bond donors (Lipinski definition) is 2. The van der Waals surface area contributed by atoms with E-state index in [0.717, 1.165) is 38.0 Å². The van der Waals surface area contributed by atoms with Crippen molar-refractivity contribution in [2.75, 3.05) is 19.7 Å². The molecule has 1 aliphatic heterocycles. The largest absolute Gasteiger partial charge is 0.395 e. The molecule has 1 aromatic carbocycles. The fourth-order valence-electron chi connectivity index (χ4n) is 2.43. The van der Waals surface area contributed by atoms with Crippen molar-refractivity contribution in [3.63, 3.8) is 0 Å². The number of aliphatic hydroxyl groups excluding tert-OH is 1. The fourth-order valence-corrected chi connectivity index (χ4v) is 2.43. The molecular weight excluding hydrogens is 269 g/mol. The molecule has 0 atom stereocenters. The Morgan fingerprint density at radius 3 is 2.71 bits per heavy atom. The molecule has 3 nitrogen and oxygen atoms in total. The lowest BCUT2D eigenvalue weighted by atomic mass is 9.93. The molecule has 114 valence electrons. The number of aliphatic hydroxyl groups is 2. The van der Waals surface area contributed by atoms with Crippen molar-refractivity contribution in [3.8, 4) is 11.8 Å².